The van der Waals surface area contributed by atoms with Crippen molar-refractivity contribution < 1.29 is 0 Å². The number of unbranched alkanes of at least 4 members (excludes halogenated alkanes) is 27. The SMILES string of the molecule is CCCCCCCCCCCCCCCCCN(C)CCCCCCCCCCCCCCCC. The molecule has 1 nitrogen and oxygen atoms in total. The average molecular weight is 494 g/mol. The van der Waals surface area contributed by atoms with Gasteiger partial charge in [0.05, 0.1) is 0 Å². The van der Waals surface area contributed by atoms with E-state index in [4.69, 9.17) is 0 Å². The Morgan fingerprint density at radius 1 is 0.257 bits per heavy atom. The molecule has 0 saturated heterocycles. The standard InChI is InChI=1S/C34H71N/c1-4-6-8-10-12-14-16-18-20-22-24-26-28-30-32-34-35(3)33-31-29-27-25-23-21-19-17-15-13-11-9-7-5-2/h4-34H2,1-3H3. The molecule has 0 radical (unpaired) electrons. The molecule has 0 aliphatic carbocycles. The molecule has 0 rings (SSSR count). The topological polar surface area (TPSA) is 3.24 Å². The highest BCUT2D eigenvalue weighted by atomic mass is 15.1. The molecule has 35 heavy (non-hydrogen) atoms. The minimum atomic E-state index is 1.32. The quantitative estimate of drug-likeness (QED) is 0.0867. The van der Waals surface area contributed by atoms with Crippen LogP contribution in [-0.2, 0) is 0 Å². The van der Waals surface area contributed by atoms with Crippen molar-refractivity contribution in [2.24, 2.45) is 0 Å². The smallest absolute Gasteiger partial charge is 0.00218 e. The van der Waals surface area contributed by atoms with Crippen LogP contribution in [0.2, 0.25) is 0 Å². The maximum Gasteiger partial charge on any atom is -0.00218 e. The molecule has 0 unspecified atom stereocenters. The summed E-state index contributed by atoms with van der Waals surface area (Å²) < 4.78 is 0. The third kappa shape index (κ3) is 31.9. The number of rotatable bonds is 31. The summed E-state index contributed by atoms with van der Waals surface area (Å²) in [6.45, 7) is 7.24. The van der Waals surface area contributed by atoms with Crippen molar-refractivity contribution in [2.75, 3.05) is 20.1 Å². The van der Waals surface area contributed by atoms with Gasteiger partial charge in [-0.05, 0) is 33.0 Å². The molecule has 212 valence electrons. The van der Waals surface area contributed by atoms with Gasteiger partial charge in [-0.2, -0.15) is 0 Å². The summed E-state index contributed by atoms with van der Waals surface area (Å²) in [6.07, 6.45) is 42.3. The molecule has 0 aliphatic heterocycles. The van der Waals surface area contributed by atoms with Crippen LogP contribution in [0.25, 0.3) is 0 Å². The molecular formula is C34H71N. The first kappa shape index (κ1) is 35.0. The molecule has 0 saturated carbocycles. The summed E-state index contributed by atoms with van der Waals surface area (Å²) in [4.78, 5) is 2.59. The van der Waals surface area contributed by atoms with Gasteiger partial charge in [-0.1, -0.05) is 187 Å². The van der Waals surface area contributed by atoms with E-state index in [0.717, 1.165) is 0 Å². The highest BCUT2D eigenvalue weighted by molar-refractivity contribution is 4.55. The summed E-state index contributed by atoms with van der Waals surface area (Å²) in [5.74, 6) is 0. The van der Waals surface area contributed by atoms with E-state index in [0.29, 0.717) is 0 Å². The second-order valence-corrected chi connectivity index (χ2v) is 11.8. The molecule has 0 spiro atoms. The van der Waals surface area contributed by atoms with Crippen LogP contribution in [0.1, 0.15) is 200 Å². The van der Waals surface area contributed by atoms with Gasteiger partial charge < -0.3 is 4.90 Å². The minimum absolute atomic E-state index is 1.32. The predicted molar refractivity (Wildman–Crippen MR) is 163 cm³/mol. The van der Waals surface area contributed by atoms with Crippen LogP contribution in [0.3, 0.4) is 0 Å². The van der Waals surface area contributed by atoms with Crippen molar-refractivity contribution in [3.8, 4) is 0 Å². The van der Waals surface area contributed by atoms with Gasteiger partial charge in [0, 0.05) is 0 Å². The molecule has 0 aromatic carbocycles. The molecule has 0 aromatic heterocycles. The Hall–Kier alpha value is -0.0400. The molecule has 0 heterocycles. The van der Waals surface area contributed by atoms with Crippen LogP contribution >= 0.6 is 0 Å². The summed E-state index contributed by atoms with van der Waals surface area (Å²) in [5, 5.41) is 0. The summed E-state index contributed by atoms with van der Waals surface area (Å²) >= 11 is 0. The molecule has 0 aromatic rings. The van der Waals surface area contributed by atoms with Crippen LogP contribution in [0.15, 0.2) is 0 Å². The van der Waals surface area contributed by atoms with Gasteiger partial charge in [0.15, 0.2) is 0 Å². The van der Waals surface area contributed by atoms with Crippen molar-refractivity contribution in [2.45, 2.75) is 200 Å². The van der Waals surface area contributed by atoms with Crippen LogP contribution in [0, 0.1) is 0 Å². The summed E-state index contributed by atoms with van der Waals surface area (Å²) in [6, 6.07) is 0. The third-order valence-electron chi connectivity index (χ3n) is 8.04. The summed E-state index contributed by atoms with van der Waals surface area (Å²) in [5.41, 5.74) is 0. The van der Waals surface area contributed by atoms with Crippen molar-refractivity contribution in [3.05, 3.63) is 0 Å². The van der Waals surface area contributed by atoms with Gasteiger partial charge in [-0.15, -0.1) is 0 Å². The van der Waals surface area contributed by atoms with E-state index >= 15 is 0 Å². The zero-order chi connectivity index (χ0) is 25.5. The highest BCUT2D eigenvalue weighted by Crippen LogP contribution is 2.15. The molecule has 0 amide bonds. The first-order valence-corrected chi connectivity index (χ1v) is 17.0. The highest BCUT2D eigenvalue weighted by Gasteiger charge is 2.00. The molecular weight excluding hydrogens is 422 g/mol. The Labute approximate surface area is 225 Å². The van der Waals surface area contributed by atoms with E-state index in [-0.39, 0.29) is 0 Å². The molecule has 0 atom stereocenters. The van der Waals surface area contributed by atoms with Crippen LogP contribution < -0.4 is 0 Å². The van der Waals surface area contributed by atoms with Gasteiger partial charge in [-0.3, -0.25) is 0 Å². The monoisotopic (exact) mass is 494 g/mol. The zero-order valence-electron chi connectivity index (χ0n) is 25.4. The van der Waals surface area contributed by atoms with Crippen molar-refractivity contribution in [1.29, 1.82) is 0 Å². The fourth-order valence-corrected chi connectivity index (χ4v) is 5.44. The van der Waals surface area contributed by atoms with Gasteiger partial charge in [0.25, 0.3) is 0 Å². The lowest BCUT2D eigenvalue weighted by atomic mass is 10.0. The Morgan fingerprint density at radius 3 is 0.629 bits per heavy atom. The minimum Gasteiger partial charge on any atom is -0.306 e. The second kappa shape index (κ2) is 32.0. The average Bonchev–Trinajstić information content (AvgIpc) is 2.86. The van der Waals surface area contributed by atoms with E-state index in [1.807, 2.05) is 0 Å². The van der Waals surface area contributed by atoms with Gasteiger partial charge in [0.2, 0.25) is 0 Å². The fourth-order valence-electron chi connectivity index (χ4n) is 5.44. The van der Waals surface area contributed by atoms with Gasteiger partial charge >= 0.3 is 0 Å². The lowest BCUT2D eigenvalue weighted by molar-refractivity contribution is 0.314. The van der Waals surface area contributed by atoms with Crippen molar-refractivity contribution in [3.63, 3.8) is 0 Å². The maximum atomic E-state index is 2.59. The Morgan fingerprint density at radius 2 is 0.429 bits per heavy atom. The van der Waals surface area contributed by atoms with E-state index in [9.17, 15) is 0 Å². The van der Waals surface area contributed by atoms with Crippen molar-refractivity contribution >= 4 is 0 Å². The molecule has 0 N–H and O–H groups in total. The zero-order valence-corrected chi connectivity index (χ0v) is 25.4. The maximum absolute atomic E-state index is 2.59. The van der Waals surface area contributed by atoms with Crippen LogP contribution in [-0.4, -0.2) is 25.0 Å². The fraction of sp³-hybridized carbons (Fsp3) is 1.00. The van der Waals surface area contributed by atoms with Crippen molar-refractivity contribution in [1.82, 2.24) is 4.90 Å². The van der Waals surface area contributed by atoms with E-state index in [1.54, 1.807) is 0 Å². The first-order valence-electron chi connectivity index (χ1n) is 17.0. The third-order valence-corrected chi connectivity index (χ3v) is 8.04. The van der Waals surface area contributed by atoms with Gasteiger partial charge in [-0.25, -0.2) is 0 Å². The second-order valence-electron chi connectivity index (χ2n) is 11.8. The molecule has 0 aliphatic rings. The van der Waals surface area contributed by atoms with E-state index < -0.39 is 0 Å². The van der Waals surface area contributed by atoms with Gasteiger partial charge in [0.1, 0.15) is 0 Å². The molecule has 0 fully saturated rings. The lowest BCUT2D eigenvalue weighted by Crippen LogP contribution is -2.20. The number of nitrogens with zero attached hydrogens (tertiary/aromatic N) is 1. The number of hydrogen-bond donors (Lipinski definition) is 0. The molecule has 1 heteroatoms. The lowest BCUT2D eigenvalue weighted by Gasteiger charge is -2.16. The van der Waals surface area contributed by atoms with Crippen LogP contribution in [0.5, 0.6) is 0 Å². The molecule has 0 bridgehead atoms. The largest absolute Gasteiger partial charge is 0.306 e. The number of hydrogen-bond acceptors (Lipinski definition) is 1. The van der Waals surface area contributed by atoms with E-state index in [1.165, 1.54) is 199 Å². The Bertz CT molecular complexity index is 352. The van der Waals surface area contributed by atoms with Crippen LogP contribution in [0.4, 0.5) is 0 Å². The predicted octanol–water partition coefficient (Wildman–Crippen LogP) is 12.3. The first-order chi connectivity index (χ1) is 17.3. The van der Waals surface area contributed by atoms with E-state index in [2.05, 4.69) is 25.8 Å². The normalized spacial score (nSPS) is 11.7. The Balaban J connectivity index is 3.13. The summed E-state index contributed by atoms with van der Waals surface area (Å²) in [7, 11) is 2.34. The Kier molecular flexibility index (Phi) is 32.0.